The van der Waals surface area contributed by atoms with Crippen molar-refractivity contribution >= 4 is 14.1 Å². The van der Waals surface area contributed by atoms with E-state index in [4.69, 9.17) is 0 Å². The Morgan fingerprint density at radius 3 is 2.38 bits per heavy atom. The number of anilines is 1. The van der Waals surface area contributed by atoms with E-state index in [9.17, 15) is 0 Å². The molecule has 0 N–H and O–H groups in total. The Morgan fingerprint density at radius 1 is 1.31 bits per heavy atom. The van der Waals surface area contributed by atoms with Gasteiger partial charge in [0.2, 0.25) is 0 Å². The zero-order valence-corrected chi connectivity index (χ0v) is 9.78. The average Bonchev–Trinajstić information content (AvgIpc) is 2.05. The van der Waals surface area contributed by atoms with Crippen LogP contribution in [0.5, 0.6) is 0 Å². The molecule has 0 spiro atoms. The molecule has 1 aromatic heterocycles. The third kappa shape index (κ3) is 2.52. The van der Waals surface area contributed by atoms with Gasteiger partial charge in [-0.05, 0) is 6.92 Å². The van der Waals surface area contributed by atoms with Crippen molar-refractivity contribution in [3.8, 4) is 0 Å². The minimum Gasteiger partial charge on any atom is -0.382 e. The topological polar surface area (TPSA) is 29.0 Å². The Hall–Kier alpha value is -0.903. The molecule has 1 heterocycles. The molecule has 1 aromatic rings. The quantitative estimate of drug-likeness (QED) is 0.692. The first-order chi connectivity index (χ1) is 6.05. The molecule has 0 saturated heterocycles. The molecule has 1 rings (SSSR count). The summed E-state index contributed by atoms with van der Waals surface area (Å²) in [4.78, 5) is 8.40. The maximum atomic E-state index is 4.31. The molecule has 13 heavy (non-hydrogen) atoms. The van der Waals surface area contributed by atoms with Crippen LogP contribution in [0.4, 0.5) is 5.82 Å². The van der Waals surface area contributed by atoms with E-state index in [1.54, 1.807) is 12.4 Å². The number of rotatable bonds is 3. The predicted octanol–water partition coefficient (Wildman–Crippen LogP) is 2.14. The van der Waals surface area contributed by atoms with E-state index in [1.807, 2.05) is 6.20 Å². The highest BCUT2D eigenvalue weighted by Gasteiger charge is 2.23. The van der Waals surface area contributed by atoms with Gasteiger partial charge in [-0.3, -0.25) is 4.98 Å². The standard InChI is InChI=1S/C9H17N3Si/c1-5-12(13(2,3)4)9-8-10-6-7-11-9/h6-8H,5H2,1-4H3. The Morgan fingerprint density at radius 2 is 2.00 bits per heavy atom. The van der Waals surface area contributed by atoms with Crippen molar-refractivity contribution in [2.75, 3.05) is 11.1 Å². The van der Waals surface area contributed by atoms with E-state index in [0.717, 1.165) is 12.4 Å². The first-order valence-electron chi connectivity index (χ1n) is 4.59. The lowest BCUT2D eigenvalue weighted by Gasteiger charge is -2.33. The molecule has 3 nitrogen and oxygen atoms in total. The van der Waals surface area contributed by atoms with Crippen molar-refractivity contribution in [2.45, 2.75) is 26.6 Å². The predicted molar refractivity (Wildman–Crippen MR) is 58.4 cm³/mol. The molecule has 0 saturated carbocycles. The van der Waals surface area contributed by atoms with Crippen LogP contribution in [0.15, 0.2) is 18.6 Å². The van der Waals surface area contributed by atoms with E-state index in [0.29, 0.717) is 0 Å². The van der Waals surface area contributed by atoms with Crippen LogP contribution in [-0.4, -0.2) is 24.7 Å². The lowest BCUT2D eigenvalue weighted by Crippen LogP contribution is -2.46. The SMILES string of the molecule is CCN(c1cnccn1)[Si](C)(C)C. The second kappa shape index (κ2) is 3.87. The molecule has 0 fully saturated rings. The molecule has 0 atom stereocenters. The van der Waals surface area contributed by atoms with Crippen LogP contribution < -0.4 is 4.57 Å². The van der Waals surface area contributed by atoms with Gasteiger partial charge in [0.05, 0.1) is 6.20 Å². The lowest BCUT2D eigenvalue weighted by molar-refractivity contribution is 1.00. The summed E-state index contributed by atoms with van der Waals surface area (Å²) in [5.41, 5.74) is 0. The molecule has 4 heteroatoms. The zero-order valence-electron chi connectivity index (χ0n) is 8.78. The summed E-state index contributed by atoms with van der Waals surface area (Å²) in [5.74, 6) is 1.00. The second-order valence-corrected chi connectivity index (χ2v) is 8.86. The highest BCUT2D eigenvalue weighted by Crippen LogP contribution is 2.16. The van der Waals surface area contributed by atoms with Gasteiger partial charge < -0.3 is 4.57 Å². The van der Waals surface area contributed by atoms with Crippen molar-refractivity contribution in [1.29, 1.82) is 0 Å². The van der Waals surface area contributed by atoms with Gasteiger partial charge in [0.25, 0.3) is 0 Å². The van der Waals surface area contributed by atoms with E-state index in [-0.39, 0.29) is 0 Å². The van der Waals surface area contributed by atoms with E-state index >= 15 is 0 Å². The van der Waals surface area contributed by atoms with Gasteiger partial charge in [-0.1, -0.05) is 19.6 Å². The Labute approximate surface area is 80.9 Å². The van der Waals surface area contributed by atoms with Crippen LogP contribution in [0.1, 0.15) is 6.92 Å². The van der Waals surface area contributed by atoms with Crippen LogP contribution in [0.2, 0.25) is 19.6 Å². The fourth-order valence-corrected chi connectivity index (χ4v) is 3.16. The number of hydrogen-bond acceptors (Lipinski definition) is 3. The normalized spacial score (nSPS) is 11.4. The van der Waals surface area contributed by atoms with E-state index in [1.165, 1.54) is 0 Å². The highest BCUT2D eigenvalue weighted by atomic mass is 28.3. The van der Waals surface area contributed by atoms with Gasteiger partial charge in [-0.25, -0.2) is 4.98 Å². The fourth-order valence-electron chi connectivity index (χ4n) is 1.41. The summed E-state index contributed by atoms with van der Waals surface area (Å²) in [5, 5.41) is 0. The average molecular weight is 195 g/mol. The summed E-state index contributed by atoms with van der Waals surface area (Å²) in [6, 6.07) is 0. The highest BCUT2D eigenvalue weighted by molar-refractivity contribution is 6.79. The van der Waals surface area contributed by atoms with Crippen molar-refractivity contribution < 1.29 is 0 Å². The summed E-state index contributed by atoms with van der Waals surface area (Å²) >= 11 is 0. The minimum atomic E-state index is -1.30. The van der Waals surface area contributed by atoms with Crippen molar-refractivity contribution in [3.63, 3.8) is 0 Å². The Bertz CT molecular complexity index is 255. The van der Waals surface area contributed by atoms with Crippen molar-refractivity contribution in [1.82, 2.24) is 9.97 Å². The molecule has 0 amide bonds. The molecule has 0 aromatic carbocycles. The fraction of sp³-hybridized carbons (Fsp3) is 0.556. The van der Waals surface area contributed by atoms with E-state index < -0.39 is 8.24 Å². The van der Waals surface area contributed by atoms with Gasteiger partial charge in [0, 0.05) is 18.9 Å². The molecular weight excluding hydrogens is 178 g/mol. The summed E-state index contributed by atoms with van der Waals surface area (Å²) < 4.78 is 2.36. The Balaban J connectivity index is 2.92. The van der Waals surface area contributed by atoms with Crippen LogP contribution in [0, 0.1) is 0 Å². The van der Waals surface area contributed by atoms with Crippen molar-refractivity contribution in [2.24, 2.45) is 0 Å². The maximum absolute atomic E-state index is 4.31. The van der Waals surface area contributed by atoms with Gasteiger partial charge in [0.1, 0.15) is 14.1 Å². The smallest absolute Gasteiger partial charge is 0.149 e. The third-order valence-electron chi connectivity index (χ3n) is 1.95. The molecule has 0 aliphatic heterocycles. The summed E-state index contributed by atoms with van der Waals surface area (Å²) in [6.07, 6.45) is 5.29. The van der Waals surface area contributed by atoms with Gasteiger partial charge >= 0.3 is 0 Å². The first-order valence-corrected chi connectivity index (χ1v) is 8.04. The lowest BCUT2D eigenvalue weighted by atomic mass is 10.6. The van der Waals surface area contributed by atoms with Gasteiger partial charge in [-0.2, -0.15) is 0 Å². The zero-order chi connectivity index (χ0) is 9.90. The Kier molecular flexibility index (Phi) is 3.03. The monoisotopic (exact) mass is 195 g/mol. The number of hydrogen-bond donors (Lipinski definition) is 0. The van der Waals surface area contributed by atoms with Crippen LogP contribution in [-0.2, 0) is 0 Å². The molecule has 0 aliphatic carbocycles. The number of aromatic nitrogens is 2. The molecular formula is C9H17N3Si. The third-order valence-corrected chi connectivity index (χ3v) is 4.12. The number of nitrogens with zero attached hydrogens (tertiary/aromatic N) is 3. The summed E-state index contributed by atoms with van der Waals surface area (Å²) in [6.45, 7) is 10.1. The summed E-state index contributed by atoms with van der Waals surface area (Å²) in [7, 11) is -1.30. The van der Waals surface area contributed by atoms with Crippen LogP contribution >= 0.6 is 0 Å². The molecule has 0 aliphatic rings. The van der Waals surface area contributed by atoms with Gasteiger partial charge in [0.15, 0.2) is 0 Å². The van der Waals surface area contributed by atoms with Crippen LogP contribution in [0.25, 0.3) is 0 Å². The van der Waals surface area contributed by atoms with E-state index in [2.05, 4.69) is 41.1 Å². The first kappa shape index (κ1) is 10.2. The van der Waals surface area contributed by atoms with Crippen LogP contribution in [0.3, 0.4) is 0 Å². The minimum absolute atomic E-state index is 1.00. The maximum Gasteiger partial charge on any atom is 0.149 e. The van der Waals surface area contributed by atoms with Crippen molar-refractivity contribution in [3.05, 3.63) is 18.6 Å². The second-order valence-electron chi connectivity index (χ2n) is 3.98. The molecule has 0 radical (unpaired) electrons. The van der Waals surface area contributed by atoms with Gasteiger partial charge in [-0.15, -0.1) is 0 Å². The molecule has 0 bridgehead atoms. The molecule has 72 valence electrons. The molecule has 0 unspecified atom stereocenters. The largest absolute Gasteiger partial charge is 0.382 e.